The third-order valence-corrected chi connectivity index (χ3v) is 10.2. The van der Waals surface area contributed by atoms with Crippen molar-refractivity contribution in [2.45, 2.75) is 43.5 Å². The number of amides is 1. The molecule has 0 saturated carbocycles. The first kappa shape index (κ1) is 21.8. The van der Waals surface area contributed by atoms with Gasteiger partial charge in [-0.25, -0.2) is 8.42 Å². The standard InChI is InChI=1S/C24H26N2O3S3/c1-17-7-8-18(32(28,29)25-11-3-2-4-12-25)16-20(17)24(27)26-13-9-21-19(10-15-31-21)23(26)22-6-5-14-30-22/h5-8,10,14-16,23H,2-4,9,11-13H2,1H3. The van der Waals surface area contributed by atoms with E-state index < -0.39 is 10.0 Å². The van der Waals surface area contributed by atoms with E-state index >= 15 is 0 Å². The van der Waals surface area contributed by atoms with Gasteiger partial charge in [-0.2, -0.15) is 4.31 Å². The van der Waals surface area contributed by atoms with Crippen LogP contribution in [0.3, 0.4) is 0 Å². The third-order valence-electron chi connectivity index (χ3n) is 6.43. The Kier molecular flexibility index (Phi) is 5.96. The van der Waals surface area contributed by atoms with Crippen LogP contribution in [0.15, 0.2) is 52.1 Å². The van der Waals surface area contributed by atoms with Crippen molar-refractivity contribution in [3.8, 4) is 0 Å². The topological polar surface area (TPSA) is 57.7 Å². The van der Waals surface area contributed by atoms with Crippen LogP contribution in [0.4, 0.5) is 0 Å². The zero-order valence-corrected chi connectivity index (χ0v) is 20.4. The van der Waals surface area contributed by atoms with Gasteiger partial charge in [-0.3, -0.25) is 4.79 Å². The molecule has 4 heterocycles. The van der Waals surface area contributed by atoms with Crippen LogP contribution in [0.1, 0.15) is 56.5 Å². The van der Waals surface area contributed by atoms with E-state index in [2.05, 4.69) is 17.5 Å². The summed E-state index contributed by atoms with van der Waals surface area (Å²) in [6, 6.07) is 11.1. The molecule has 1 atom stereocenters. The monoisotopic (exact) mass is 486 g/mol. The lowest BCUT2D eigenvalue weighted by molar-refractivity contribution is 0.0697. The number of rotatable bonds is 4. The molecule has 8 heteroatoms. The van der Waals surface area contributed by atoms with Crippen molar-refractivity contribution in [1.29, 1.82) is 0 Å². The van der Waals surface area contributed by atoms with Crippen molar-refractivity contribution in [2.75, 3.05) is 19.6 Å². The van der Waals surface area contributed by atoms with Gasteiger partial charge >= 0.3 is 0 Å². The largest absolute Gasteiger partial charge is 0.326 e. The van der Waals surface area contributed by atoms with Crippen molar-refractivity contribution in [1.82, 2.24) is 9.21 Å². The van der Waals surface area contributed by atoms with Crippen LogP contribution in [0.5, 0.6) is 0 Å². The average Bonchev–Trinajstić information content (AvgIpc) is 3.51. The van der Waals surface area contributed by atoms with E-state index in [1.807, 2.05) is 23.3 Å². The molecule has 1 amide bonds. The molecule has 2 aromatic heterocycles. The third kappa shape index (κ3) is 3.83. The van der Waals surface area contributed by atoms with Gasteiger partial charge < -0.3 is 4.90 Å². The van der Waals surface area contributed by atoms with Gasteiger partial charge in [-0.15, -0.1) is 22.7 Å². The fourth-order valence-electron chi connectivity index (χ4n) is 4.69. The average molecular weight is 487 g/mol. The number of nitrogens with zero attached hydrogens (tertiary/aromatic N) is 2. The Morgan fingerprint density at radius 2 is 1.81 bits per heavy atom. The van der Waals surface area contributed by atoms with Crippen molar-refractivity contribution in [3.05, 3.63) is 73.6 Å². The molecule has 1 aromatic carbocycles. The maximum absolute atomic E-state index is 13.8. The maximum atomic E-state index is 13.8. The molecule has 1 fully saturated rings. The Labute approximate surface area is 197 Å². The predicted molar refractivity (Wildman–Crippen MR) is 129 cm³/mol. The molecule has 0 aliphatic carbocycles. The SMILES string of the molecule is Cc1ccc(S(=O)(=O)N2CCCCC2)cc1C(=O)N1CCc2sccc2C1c1cccs1. The minimum absolute atomic E-state index is 0.103. The summed E-state index contributed by atoms with van der Waals surface area (Å²) in [5.41, 5.74) is 2.46. The molecule has 0 bridgehead atoms. The van der Waals surface area contributed by atoms with Crippen LogP contribution in [-0.2, 0) is 16.4 Å². The first-order valence-electron chi connectivity index (χ1n) is 11.0. The normalized spacial score (nSPS) is 19.7. The number of fused-ring (bicyclic) bond motifs is 1. The molecule has 5 nitrogen and oxygen atoms in total. The quantitative estimate of drug-likeness (QED) is 0.517. The Hall–Kier alpha value is -2.00. The Morgan fingerprint density at radius 1 is 1.00 bits per heavy atom. The summed E-state index contributed by atoms with van der Waals surface area (Å²) < 4.78 is 28.0. The lowest BCUT2D eigenvalue weighted by Crippen LogP contribution is -2.40. The summed E-state index contributed by atoms with van der Waals surface area (Å²) in [6.07, 6.45) is 3.66. The van der Waals surface area contributed by atoms with Crippen molar-refractivity contribution < 1.29 is 13.2 Å². The molecule has 0 radical (unpaired) electrons. The lowest BCUT2D eigenvalue weighted by Gasteiger charge is -2.36. The van der Waals surface area contributed by atoms with Gasteiger partial charge in [0.25, 0.3) is 5.91 Å². The molecule has 2 aliphatic rings. The molecule has 5 rings (SSSR count). The first-order valence-corrected chi connectivity index (χ1v) is 14.2. The smallest absolute Gasteiger partial charge is 0.254 e. The highest BCUT2D eigenvalue weighted by Gasteiger charge is 2.35. The number of sulfonamides is 1. The Balaban J connectivity index is 1.52. The number of piperidine rings is 1. The number of hydrogen-bond acceptors (Lipinski definition) is 5. The van der Waals surface area contributed by atoms with Crippen LogP contribution in [0.2, 0.25) is 0 Å². The summed E-state index contributed by atoms with van der Waals surface area (Å²) in [4.78, 5) is 18.4. The van der Waals surface area contributed by atoms with Gasteiger partial charge in [0.05, 0.1) is 10.9 Å². The number of carbonyl (C=O) groups is 1. The van der Waals surface area contributed by atoms with Crippen LogP contribution < -0.4 is 0 Å². The van der Waals surface area contributed by atoms with E-state index in [1.165, 1.54) is 10.4 Å². The molecular formula is C24H26N2O3S3. The highest BCUT2D eigenvalue weighted by molar-refractivity contribution is 7.89. The number of aryl methyl sites for hydroxylation is 1. The Morgan fingerprint density at radius 3 is 2.56 bits per heavy atom. The fraction of sp³-hybridized carbons (Fsp3) is 0.375. The molecule has 3 aromatic rings. The summed E-state index contributed by atoms with van der Waals surface area (Å²) >= 11 is 3.39. The van der Waals surface area contributed by atoms with E-state index in [4.69, 9.17) is 0 Å². The first-order chi connectivity index (χ1) is 15.5. The van der Waals surface area contributed by atoms with Crippen molar-refractivity contribution >= 4 is 38.6 Å². The molecule has 1 unspecified atom stereocenters. The van der Waals surface area contributed by atoms with E-state index in [0.717, 1.165) is 36.1 Å². The second kappa shape index (κ2) is 8.74. The minimum atomic E-state index is -3.60. The number of hydrogen-bond donors (Lipinski definition) is 0. The van der Waals surface area contributed by atoms with Crippen molar-refractivity contribution in [2.24, 2.45) is 0 Å². The van der Waals surface area contributed by atoms with E-state index in [-0.39, 0.29) is 16.8 Å². The number of thiophene rings is 2. The summed E-state index contributed by atoms with van der Waals surface area (Å²) in [5.74, 6) is -0.103. The van der Waals surface area contributed by atoms with Gasteiger partial charge in [-0.05, 0) is 72.3 Å². The maximum Gasteiger partial charge on any atom is 0.254 e. The minimum Gasteiger partial charge on any atom is -0.326 e. The molecule has 0 N–H and O–H groups in total. The second-order valence-electron chi connectivity index (χ2n) is 8.41. The summed E-state index contributed by atoms with van der Waals surface area (Å²) in [5, 5.41) is 4.13. The number of carbonyl (C=O) groups excluding carboxylic acids is 1. The highest BCUT2D eigenvalue weighted by Crippen LogP contribution is 2.40. The van der Waals surface area contributed by atoms with Crippen LogP contribution >= 0.6 is 22.7 Å². The summed E-state index contributed by atoms with van der Waals surface area (Å²) in [6.45, 7) is 3.60. The number of benzene rings is 1. The van der Waals surface area contributed by atoms with Crippen LogP contribution in [-0.4, -0.2) is 43.2 Å². The van der Waals surface area contributed by atoms with Gasteiger partial charge in [0.1, 0.15) is 0 Å². The zero-order chi connectivity index (χ0) is 22.3. The van der Waals surface area contributed by atoms with Gasteiger partial charge in [0, 0.05) is 35.0 Å². The molecule has 2 aliphatic heterocycles. The lowest BCUT2D eigenvalue weighted by atomic mass is 9.96. The fourth-order valence-corrected chi connectivity index (χ4v) is 7.99. The van der Waals surface area contributed by atoms with Crippen LogP contribution in [0, 0.1) is 6.92 Å². The van der Waals surface area contributed by atoms with E-state index in [9.17, 15) is 13.2 Å². The molecular weight excluding hydrogens is 460 g/mol. The molecule has 1 saturated heterocycles. The highest BCUT2D eigenvalue weighted by atomic mass is 32.2. The van der Waals surface area contributed by atoms with Crippen molar-refractivity contribution in [3.63, 3.8) is 0 Å². The van der Waals surface area contributed by atoms with Crippen LogP contribution in [0.25, 0.3) is 0 Å². The predicted octanol–water partition coefficient (Wildman–Crippen LogP) is 5.08. The molecule has 0 spiro atoms. The molecule has 32 heavy (non-hydrogen) atoms. The zero-order valence-electron chi connectivity index (χ0n) is 18.0. The van der Waals surface area contributed by atoms with Gasteiger partial charge in [0.15, 0.2) is 0 Å². The molecule has 168 valence electrons. The van der Waals surface area contributed by atoms with E-state index in [0.29, 0.717) is 25.2 Å². The summed E-state index contributed by atoms with van der Waals surface area (Å²) in [7, 11) is -3.60. The van der Waals surface area contributed by atoms with E-state index in [1.54, 1.807) is 45.2 Å². The Bertz CT molecular complexity index is 1230. The second-order valence-corrected chi connectivity index (χ2v) is 12.3. The van der Waals surface area contributed by atoms with Gasteiger partial charge in [-0.1, -0.05) is 18.6 Å². The van der Waals surface area contributed by atoms with Gasteiger partial charge in [0.2, 0.25) is 10.0 Å².